The van der Waals surface area contributed by atoms with Crippen molar-refractivity contribution in [1.29, 1.82) is 0 Å². The Hall–Kier alpha value is -1.70. The Labute approximate surface area is 201 Å². The molecule has 0 saturated heterocycles. The van der Waals surface area contributed by atoms with E-state index in [4.69, 9.17) is 4.52 Å². The van der Waals surface area contributed by atoms with Gasteiger partial charge in [-0.3, -0.25) is 9.36 Å². The van der Waals surface area contributed by atoms with Crippen molar-refractivity contribution in [2.24, 2.45) is 0 Å². The van der Waals surface area contributed by atoms with E-state index >= 15 is 0 Å². The van der Waals surface area contributed by atoms with Crippen molar-refractivity contribution in [3.8, 4) is 0 Å². The fourth-order valence-electron chi connectivity index (χ4n) is 4.12. The van der Waals surface area contributed by atoms with Gasteiger partial charge in [0.1, 0.15) is 6.61 Å². The topological polar surface area (TPSA) is 43.4 Å². The first-order chi connectivity index (χ1) is 16.2. The molecule has 0 spiro atoms. The zero-order chi connectivity index (χ0) is 23.6. The first kappa shape index (κ1) is 27.5. The predicted molar refractivity (Wildman–Crippen MR) is 141 cm³/mol. The smallest absolute Gasteiger partial charge is 0.261 e. The van der Waals surface area contributed by atoms with Crippen LogP contribution in [-0.2, 0) is 13.9 Å². The summed E-state index contributed by atoms with van der Waals surface area (Å²) in [6.07, 6.45) is 17.2. The highest BCUT2D eigenvalue weighted by atomic mass is 31.2. The highest BCUT2D eigenvalue weighted by Crippen LogP contribution is 2.44. The van der Waals surface area contributed by atoms with Crippen molar-refractivity contribution in [3.63, 3.8) is 0 Å². The molecule has 182 valence electrons. The third-order valence-corrected chi connectivity index (χ3v) is 8.61. The number of benzene rings is 2. The molecule has 3 nitrogen and oxygen atoms in total. The van der Waals surface area contributed by atoms with Gasteiger partial charge in [0, 0.05) is 17.0 Å². The van der Waals surface area contributed by atoms with Gasteiger partial charge in [-0.25, -0.2) is 0 Å². The first-order valence-corrected chi connectivity index (χ1v) is 14.7. The lowest BCUT2D eigenvalue weighted by molar-refractivity contribution is -0.121. The summed E-state index contributed by atoms with van der Waals surface area (Å²) in [5.41, 5.74) is 0. The van der Waals surface area contributed by atoms with Crippen LogP contribution < -0.4 is 10.6 Å². The van der Waals surface area contributed by atoms with Gasteiger partial charge in [0.2, 0.25) is 0 Å². The summed E-state index contributed by atoms with van der Waals surface area (Å²) in [5.74, 6) is 0.0326. The summed E-state index contributed by atoms with van der Waals surface area (Å²) in [4.78, 5) is 12.4. The van der Waals surface area contributed by atoms with E-state index in [-0.39, 0.29) is 12.4 Å². The number of rotatable bonds is 19. The molecule has 0 aliphatic carbocycles. The lowest BCUT2D eigenvalue weighted by Crippen LogP contribution is -2.20. The normalized spacial score (nSPS) is 11.5. The van der Waals surface area contributed by atoms with Crippen LogP contribution >= 0.6 is 7.37 Å². The van der Waals surface area contributed by atoms with Gasteiger partial charge >= 0.3 is 0 Å². The Kier molecular flexibility index (Phi) is 14.1. The van der Waals surface area contributed by atoms with E-state index in [0.29, 0.717) is 17.0 Å². The number of carbonyl (C=O) groups is 1. The second-order valence-corrected chi connectivity index (χ2v) is 11.4. The number of hydrogen-bond acceptors (Lipinski definition) is 3. The maximum atomic E-state index is 13.7. The first-order valence-electron chi connectivity index (χ1n) is 13.0. The summed E-state index contributed by atoms with van der Waals surface area (Å²) >= 11 is 0. The summed E-state index contributed by atoms with van der Waals surface area (Å²) in [6, 6.07) is 18.4. The molecule has 0 aliphatic rings. The molecule has 0 amide bonds. The highest BCUT2D eigenvalue weighted by molar-refractivity contribution is 7.74. The Morgan fingerprint density at radius 2 is 1.03 bits per heavy atom. The van der Waals surface area contributed by atoms with Crippen LogP contribution in [0, 0.1) is 0 Å². The molecule has 4 heteroatoms. The molecule has 0 saturated carbocycles. The van der Waals surface area contributed by atoms with E-state index < -0.39 is 7.37 Å². The molecule has 0 aliphatic heterocycles. The predicted octanol–water partition coefficient (Wildman–Crippen LogP) is 7.98. The van der Waals surface area contributed by atoms with Crippen LogP contribution in [0.3, 0.4) is 0 Å². The molecule has 0 unspecified atom stereocenters. The molecule has 0 N–H and O–H groups in total. The van der Waals surface area contributed by atoms with E-state index in [1.807, 2.05) is 60.7 Å². The van der Waals surface area contributed by atoms with Gasteiger partial charge in [-0.15, -0.1) is 0 Å². The molecular weight excluding hydrogens is 427 g/mol. The van der Waals surface area contributed by atoms with Crippen molar-refractivity contribution >= 4 is 23.8 Å². The van der Waals surface area contributed by atoms with Crippen LogP contribution in [0.25, 0.3) is 0 Å². The molecule has 0 fully saturated rings. The highest BCUT2D eigenvalue weighted by Gasteiger charge is 2.29. The minimum absolute atomic E-state index is 0.0326. The lowest BCUT2D eigenvalue weighted by atomic mass is 10.0. The average molecular weight is 471 g/mol. The van der Waals surface area contributed by atoms with Crippen LogP contribution in [0.4, 0.5) is 0 Å². The fraction of sp³-hybridized carbons (Fsp3) is 0.552. The Bertz CT molecular complexity index is 761. The molecule has 0 radical (unpaired) electrons. The molecule has 2 rings (SSSR count). The molecule has 2 aromatic rings. The zero-order valence-corrected chi connectivity index (χ0v) is 21.4. The van der Waals surface area contributed by atoms with Crippen molar-refractivity contribution < 1.29 is 13.9 Å². The van der Waals surface area contributed by atoms with Crippen molar-refractivity contribution in [2.75, 3.05) is 6.61 Å². The second-order valence-electron chi connectivity index (χ2n) is 9.03. The van der Waals surface area contributed by atoms with Crippen LogP contribution in [-0.4, -0.2) is 12.4 Å². The van der Waals surface area contributed by atoms with Crippen molar-refractivity contribution in [2.45, 2.75) is 96.8 Å². The molecule has 0 atom stereocenters. The van der Waals surface area contributed by atoms with Crippen LogP contribution in [0.15, 0.2) is 60.7 Å². The van der Waals surface area contributed by atoms with Crippen LogP contribution in [0.1, 0.15) is 96.8 Å². The van der Waals surface area contributed by atoms with Crippen LogP contribution in [0.2, 0.25) is 0 Å². The fourth-order valence-corrected chi connectivity index (χ4v) is 6.17. The van der Waals surface area contributed by atoms with Gasteiger partial charge in [0.15, 0.2) is 5.78 Å². The number of hydrogen-bond donors (Lipinski definition) is 0. The third-order valence-electron chi connectivity index (χ3n) is 6.16. The van der Waals surface area contributed by atoms with E-state index in [2.05, 4.69) is 6.92 Å². The molecule has 2 aromatic carbocycles. The molecule has 0 heterocycles. The Morgan fingerprint density at radius 3 is 1.45 bits per heavy atom. The standard InChI is InChI=1S/C29H43O3P/c1-2-3-4-5-6-7-8-9-10-11-12-13-16-21-27(30)26-32-33(31,28-22-17-14-18-23-28)29-24-19-15-20-25-29/h14-15,17-20,22-25H,2-13,16,21,26H2,1H3. The van der Waals surface area contributed by atoms with Gasteiger partial charge in [0.25, 0.3) is 7.37 Å². The van der Waals surface area contributed by atoms with Crippen molar-refractivity contribution in [1.82, 2.24) is 0 Å². The maximum Gasteiger partial charge on any atom is 0.261 e. The Balaban J connectivity index is 1.60. The van der Waals surface area contributed by atoms with E-state index in [1.54, 1.807) is 0 Å². The monoisotopic (exact) mass is 470 g/mol. The second kappa shape index (κ2) is 16.8. The Morgan fingerprint density at radius 1 is 0.636 bits per heavy atom. The van der Waals surface area contributed by atoms with Crippen LogP contribution in [0.5, 0.6) is 0 Å². The van der Waals surface area contributed by atoms with Gasteiger partial charge in [-0.1, -0.05) is 120 Å². The number of unbranched alkanes of at least 4 members (excludes halogenated alkanes) is 12. The SMILES string of the molecule is CCCCCCCCCCCCCCCC(=O)COP(=O)(c1ccccc1)c1ccccc1. The van der Waals surface area contributed by atoms with Gasteiger partial charge in [-0.05, 0) is 30.7 Å². The summed E-state index contributed by atoms with van der Waals surface area (Å²) in [6.45, 7) is 2.17. The number of ketones is 1. The molecular formula is C29H43O3P. The van der Waals surface area contributed by atoms with Gasteiger partial charge < -0.3 is 4.52 Å². The molecule has 0 bridgehead atoms. The average Bonchev–Trinajstić information content (AvgIpc) is 2.86. The minimum Gasteiger partial charge on any atom is -0.314 e. The quantitative estimate of drug-likeness (QED) is 0.154. The maximum absolute atomic E-state index is 13.7. The summed E-state index contributed by atoms with van der Waals surface area (Å²) in [5, 5.41) is 1.26. The molecule has 0 aromatic heterocycles. The van der Waals surface area contributed by atoms with E-state index in [0.717, 1.165) is 12.8 Å². The summed E-state index contributed by atoms with van der Waals surface area (Å²) in [7, 11) is -3.27. The molecule has 33 heavy (non-hydrogen) atoms. The van der Waals surface area contributed by atoms with Crippen molar-refractivity contribution in [3.05, 3.63) is 60.7 Å². The largest absolute Gasteiger partial charge is 0.314 e. The zero-order valence-electron chi connectivity index (χ0n) is 20.6. The third kappa shape index (κ3) is 10.8. The van der Waals surface area contributed by atoms with E-state index in [1.165, 1.54) is 70.6 Å². The van der Waals surface area contributed by atoms with Gasteiger partial charge in [0.05, 0.1) is 0 Å². The number of carbonyl (C=O) groups excluding carboxylic acids is 1. The van der Waals surface area contributed by atoms with E-state index in [9.17, 15) is 9.36 Å². The number of Topliss-reactive ketones (excluding diaryl/α,β-unsaturated/α-hetero) is 1. The summed E-state index contributed by atoms with van der Waals surface area (Å²) < 4.78 is 19.6. The van der Waals surface area contributed by atoms with Gasteiger partial charge in [-0.2, -0.15) is 0 Å². The minimum atomic E-state index is -3.27. The lowest BCUT2D eigenvalue weighted by Gasteiger charge is -2.19.